The zero-order chi connectivity index (χ0) is 28.4. The van der Waals surface area contributed by atoms with Gasteiger partial charge in [-0.05, 0) is 51.0 Å². The number of hydrogen-bond acceptors (Lipinski definition) is 8. The largest absolute Gasteiger partial charge is 0.496 e. The van der Waals surface area contributed by atoms with E-state index >= 15 is 0 Å². The molecule has 0 atom stereocenters. The Hall–Kier alpha value is -3.40. The number of nitrogens with one attached hydrogen (secondary N) is 2. The maximum absolute atomic E-state index is 7.57. The van der Waals surface area contributed by atoms with Gasteiger partial charge in [-0.25, -0.2) is 4.98 Å². The average molecular weight is 537 g/mol. The molecule has 4 aromatic rings. The molecular weight excluding hydrogens is 492 g/mol. The van der Waals surface area contributed by atoms with Gasteiger partial charge in [-0.2, -0.15) is 4.98 Å². The van der Waals surface area contributed by atoms with Crippen LogP contribution in [0.25, 0.3) is 21.9 Å². The van der Waals surface area contributed by atoms with Crippen molar-refractivity contribution in [3.05, 3.63) is 53.6 Å². The molecule has 5 N–H and O–H groups in total. The molecule has 212 valence electrons. The summed E-state index contributed by atoms with van der Waals surface area (Å²) >= 11 is 0. The predicted octanol–water partition coefficient (Wildman–Crippen LogP) is 4.95. The van der Waals surface area contributed by atoms with Crippen LogP contribution in [0, 0.1) is 0 Å². The molecule has 0 bridgehead atoms. The van der Waals surface area contributed by atoms with Crippen molar-refractivity contribution in [2.45, 2.75) is 59.2 Å². The number of para-hydroxylation sites is 1. The van der Waals surface area contributed by atoms with E-state index in [9.17, 15) is 0 Å². The Bertz CT molecular complexity index is 1350. The van der Waals surface area contributed by atoms with E-state index in [4.69, 9.17) is 20.3 Å². The molecule has 9 nitrogen and oxygen atoms in total. The number of rotatable bonds is 12. The summed E-state index contributed by atoms with van der Waals surface area (Å²) in [5.74, 6) is 1.88. The van der Waals surface area contributed by atoms with Gasteiger partial charge >= 0.3 is 0 Å². The number of methoxy groups -OCH3 is 2. The molecule has 39 heavy (non-hydrogen) atoms. The molecule has 2 aromatic carbocycles. The molecule has 9 heteroatoms. The highest BCUT2D eigenvalue weighted by atomic mass is 16.5. The van der Waals surface area contributed by atoms with Crippen molar-refractivity contribution in [3.8, 4) is 5.75 Å². The number of fused-ring (bicyclic) bond motifs is 3. The SMILES string of the molecule is CCCCNc1nc(N)nc2c3ccccc3n(Cc3cc(CNCC(C)(C)OC)ccc3OC)c12.CCO. The van der Waals surface area contributed by atoms with Crippen LogP contribution in [0.1, 0.15) is 51.7 Å². The summed E-state index contributed by atoms with van der Waals surface area (Å²) in [5.41, 5.74) is 11.1. The second-order valence-electron chi connectivity index (χ2n) is 10.0. The van der Waals surface area contributed by atoms with Crippen molar-refractivity contribution in [1.82, 2.24) is 19.9 Å². The molecule has 0 aliphatic carbocycles. The lowest BCUT2D eigenvalue weighted by molar-refractivity contribution is 0.0230. The van der Waals surface area contributed by atoms with E-state index in [0.717, 1.165) is 71.5 Å². The van der Waals surface area contributed by atoms with Crippen molar-refractivity contribution in [2.24, 2.45) is 0 Å². The van der Waals surface area contributed by atoms with Crippen molar-refractivity contribution in [1.29, 1.82) is 0 Å². The number of ether oxygens (including phenoxy) is 2. The number of aliphatic hydroxyl groups excluding tert-OH is 1. The van der Waals surface area contributed by atoms with Crippen LogP contribution < -0.4 is 21.1 Å². The molecule has 0 saturated heterocycles. The first-order chi connectivity index (χ1) is 18.8. The highest BCUT2D eigenvalue weighted by Crippen LogP contribution is 2.34. The second kappa shape index (κ2) is 14.1. The standard InChI is InChI=1S/C28H38N6O2.C2H6O/c1-6-7-14-31-26-25-24(32-27(29)33-26)21-10-8-9-11-22(21)34(25)17-20-15-19(12-13-23(20)35-4)16-30-18-28(2,3)36-5;1-2-3/h8-13,15,30H,6-7,14,16-18H2,1-5H3,(H3,29,31,32,33);3H,2H2,1H3. The van der Waals surface area contributed by atoms with Crippen molar-refractivity contribution >= 4 is 33.7 Å². The Labute approximate surface area is 231 Å². The van der Waals surface area contributed by atoms with Crippen LogP contribution in [-0.2, 0) is 17.8 Å². The Morgan fingerprint density at radius 1 is 1.08 bits per heavy atom. The molecule has 0 radical (unpaired) electrons. The number of aromatic nitrogens is 3. The van der Waals surface area contributed by atoms with Crippen LogP contribution in [-0.4, -0.2) is 59.2 Å². The third-order valence-electron chi connectivity index (χ3n) is 6.55. The summed E-state index contributed by atoms with van der Waals surface area (Å²) in [5, 5.41) is 15.6. The van der Waals surface area contributed by atoms with Crippen LogP contribution in [0.4, 0.5) is 11.8 Å². The average Bonchev–Trinajstić information content (AvgIpc) is 3.22. The molecule has 2 heterocycles. The fraction of sp³-hybridized carbons (Fsp3) is 0.467. The predicted molar refractivity (Wildman–Crippen MR) is 160 cm³/mol. The van der Waals surface area contributed by atoms with Gasteiger partial charge < -0.3 is 35.5 Å². The van der Waals surface area contributed by atoms with E-state index in [1.807, 2.05) is 18.2 Å². The van der Waals surface area contributed by atoms with Crippen LogP contribution >= 0.6 is 0 Å². The van der Waals surface area contributed by atoms with Crippen LogP contribution in [0.5, 0.6) is 5.75 Å². The zero-order valence-corrected chi connectivity index (χ0v) is 24.2. The fourth-order valence-corrected chi connectivity index (χ4v) is 4.43. The normalized spacial score (nSPS) is 11.5. The molecule has 0 unspecified atom stereocenters. The Balaban J connectivity index is 0.00000134. The zero-order valence-electron chi connectivity index (χ0n) is 24.2. The Kier molecular flexibility index (Phi) is 10.9. The molecule has 4 rings (SSSR count). The molecule has 0 amide bonds. The molecular formula is C30H44N6O3. The lowest BCUT2D eigenvalue weighted by Gasteiger charge is -2.23. The fourth-order valence-electron chi connectivity index (χ4n) is 4.43. The smallest absolute Gasteiger partial charge is 0.222 e. The van der Waals surface area contributed by atoms with E-state index in [0.29, 0.717) is 6.54 Å². The quantitative estimate of drug-likeness (QED) is 0.188. The summed E-state index contributed by atoms with van der Waals surface area (Å²) < 4.78 is 13.6. The van der Waals surface area contributed by atoms with Crippen LogP contribution in [0.2, 0.25) is 0 Å². The second-order valence-corrected chi connectivity index (χ2v) is 10.0. The number of unbranched alkanes of at least 4 members (excludes halogenated alkanes) is 1. The van der Waals surface area contributed by atoms with Gasteiger partial charge in [-0.1, -0.05) is 37.6 Å². The number of anilines is 2. The van der Waals surface area contributed by atoms with E-state index in [1.165, 1.54) is 5.56 Å². The number of aliphatic hydroxyl groups is 1. The lowest BCUT2D eigenvalue weighted by atomic mass is 10.1. The highest BCUT2D eigenvalue weighted by molar-refractivity contribution is 6.09. The van der Waals surface area contributed by atoms with Crippen molar-refractivity contribution < 1.29 is 14.6 Å². The first kappa shape index (κ1) is 30.1. The van der Waals surface area contributed by atoms with Gasteiger partial charge in [0.05, 0.1) is 24.8 Å². The molecule has 0 fully saturated rings. The Morgan fingerprint density at radius 3 is 2.51 bits per heavy atom. The van der Waals surface area contributed by atoms with Gasteiger partial charge in [0.2, 0.25) is 5.95 Å². The minimum atomic E-state index is -0.221. The number of nitrogen functional groups attached to an aromatic ring is 1. The number of nitrogens with zero attached hydrogens (tertiary/aromatic N) is 3. The topological polar surface area (TPSA) is 119 Å². The third kappa shape index (κ3) is 7.59. The van der Waals surface area contributed by atoms with Crippen LogP contribution in [0.15, 0.2) is 42.5 Å². The summed E-state index contributed by atoms with van der Waals surface area (Å²) in [6, 6.07) is 14.6. The third-order valence-corrected chi connectivity index (χ3v) is 6.55. The maximum atomic E-state index is 7.57. The summed E-state index contributed by atoms with van der Waals surface area (Å²) in [6.45, 7) is 11.2. The number of nitrogens with two attached hydrogens (primary N) is 1. The highest BCUT2D eigenvalue weighted by Gasteiger charge is 2.19. The monoisotopic (exact) mass is 536 g/mol. The number of benzene rings is 2. The van der Waals surface area contributed by atoms with Gasteiger partial charge in [-0.15, -0.1) is 0 Å². The molecule has 0 aliphatic rings. The summed E-state index contributed by atoms with van der Waals surface area (Å²) in [6.07, 6.45) is 2.15. The molecule has 0 saturated carbocycles. The van der Waals surface area contributed by atoms with E-state index < -0.39 is 0 Å². The minimum absolute atomic E-state index is 0.221. The van der Waals surface area contributed by atoms with Gasteiger partial charge in [0.15, 0.2) is 5.82 Å². The van der Waals surface area contributed by atoms with Gasteiger partial charge in [0.25, 0.3) is 0 Å². The van der Waals surface area contributed by atoms with Gasteiger partial charge in [0, 0.05) is 44.3 Å². The van der Waals surface area contributed by atoms with Crippen molar-refractivity contribution in [2.75, 3.05) is 45.0 Å². The first-order valence-corrected chi connectivity index (χ1v) is 13.6. The first-order valence-electron chi connectivity index (χ1n) is 13.6. The molecule has 0 aliphatic heterocycles. The van der Waals surface area contributed by atoms with Gasteiger partial charge in [0.1, 0.15) is 16.8 Å². The van der Waals surface area contributed by atoms with Crippen LogP contribution in [0.3, 0.4) is 0 Å². The summed E-state index contributed by atoms with van der Waals surface area (Å²) in [7, 11) is 3.45. The van der Waals surface area contributed by atoms with Gasteiger partial charge in [-0.3, -0.25) is 0 Å². The van der Waals surface area contributed by atoms with E-state index in [2.05, 4.69) is 70.2 Å². The number of hydrogen-bond donors (Lipinski definition) is 4. The molecule has 0 spiro atoms. The van der Waals surface area contributed by atoms with E-state index in [-0.39, 0.29) is 18.2 Å². The lowest BCUT2D eigenvalue weighted by Crippen LogP contribution is -2.36. The summed E-state index contributed by atoms with van der Waals surface area (Å²) in [4.78, 5) is 9.22. The maximum Gasteiger partial charge on any atom is 0.222 e. The van der Waals surface area contributed by atoms with Crippen molar-refractivity contribution in [3.63, 3.8) is 0 Å². The molecule has 2 aromatic heterocycles. The Morgan fingerprint density at radius 2 is 1.82 bits per heavy atom. The van der Waals surface area contributed by atoms with E-state index in [1.54, 1.807) is 21.1 Å². The minimum Gasteiger partial charge on any atom is -0.496 e.